The van der Waals surface area contributed by atoms with Crippen molar-refractivity contribution >= 4 is 11.5 Å². The van der Waals surface area contributed by atoms with E-state index in [1.54, 1.807) is 14.0 Å². The number of ketones is 1. The summed E-state index contributed by atoms with van der Waals surface area (Å²) in [5, 5.41) is 0. The van der Waals surface area contributed by atoms with Crippen molar-refractivity contribution in [3.05, 3.63) is 23.8 Å². The van der Waals surface area contributed by atoms with Gasteiger partial charge in [0.25, 0.3) is 0 Å². The molecule has 0 N–H and O–H groups in total. The van der Waals surface area contributed by atoms with Gasteiger partial charge in [-0.2, -0.15) is 0 Å². The van der Waals surface area contributed by atoms with Crippen LogP contribution in [0.3, 0.4) is 0 Å². The third kappa shape index (κ3) is 1.90. The van der Waals surface area contributed by atoms with Crippen LogP contribution in [-0.4, -0.2) is 26.5 Å². The quantitative estimate of drug-likeness (QED) is 0.780. The van der Waals surface area contributed by atoms with Crippen LogP contribution in [0, 0.1) is 0 Å². The smallest absolute Gasteiger partial charge is 0.130 e. The largest absolute Gasteiger partial charge is 0.497 e. The van der Waals surface area contributed by atoms with Gasteiger partial charge in [-0.15, -0.1) is 0 Å². The minimum Gasteiger partial charge on any atom is -0.497 e. The van der Waals surface area contributed by atoms with Crippen LogP contribution in [0.25, 0.3) is 0 Å². The first-order valence-electron chi connectivity index (χ1n) is 5.50. The molecule has 0 spiro atoms. The molecule has 1 aliphatic heterocycles. The molecular formula is C13H17NO2. The summed E-state index contributed by atoms with van der Waals surface area (Å²) in [5.74, 6) is 1.42. The monoisotopic (exact) mass is 219 g/mol. The summed E-state index contributed by atoms with van der Waals surface area (Å²) in [6, 6.07) is 6.08. The van der Waals surface area contributed by atoms with Crippen molar-refractivity contribution in [3.63, 3.8) is 0 Å². The lowest BCUT2D eigenvalue weighted by Gasteiger charge is -2.11. The molecular weight excluding hydrogens is 202 g/mol. The van der Waals surface area contributed by atoms with Crippen molar-refractivity contribution in [1.29, 1.82) is 0 Å². The van der Waals surface area contributed by atoms with E-state index in [-0.39, 0.29) is 5.78 Å². The highest BCUT2D eigenvalue weighted by molar-refractivity contribution is 5.78. The molecule has 1 heterocycles. The normalized spacial score (nSPS) is 18.4. The van der Waals surface area contributed by atoms with Gasteiger partial charge in [-0.1, -0.05) is 0 Å². The lowest BCUT2D eigenvalue weighted by Crippen LogP contribution is -2.16. The van der Waals surface area contributed by atoms with Crippen LogP contribution in [0.5, 0.6) is 5.75 Å². The summed E-state index contributed by atoms with van der Waals surface area (Å²) in [7, 11) is 3.73. The predicted molar refractivity (Wildman–Crippen MR) is 64.3 cm³/mol. The number of ether oxygens (including phenoxy) is 1. The highest BCUT2D eigenvalue weighted by Crippen LogP contribution is 2.39. The van der Waals surface area contributed by atoms with Gasteiger partial charge >= 0.3 is 0 Å². The van der Waals surface area contributed by atoms with E-state index in [2.05, 4.69) is 18.0 Å². The summed E-state index contributed by atoms with van der Waals surface area (Å²) < 4.78 is 5.22. The van der Waals surface area contributed by atoms with Crippen LogP contribution in [0.1, 0.15) is 24.8 Å². The Morgan fingerprint density at radius 2 is 2.31 bits per heavy atom. The maximum atomic E-state index is 11.2. The van der Waals surface area contributed by atoms with Crippen molar-refractivity contribution in [2.75, 3.05) is 25.6 Å². The van der Waals surface area contributed by atoms with Gasteiger partial charge < -0.3 is 14.4 Å². The van der Waals surface area contributed by atoms with Gasteiger partial charge in [0.05, 0.1) is 7.11 Å². The Bertz CT molecular complexity index is 414. The van der Waals surface area contributed by atoms with Gasteiger partial charge in [0.15, 0.2) is 0 Å². The Morgan fingerprint density at radius 3 is 2.94 bits per heavy atom. The fourth-order valence-corrected chi connectivity index (χ4v) is 2.38. The predicted octanol–water partition coefficient (Wildman–Crippen LogP) is 2.21. The lowest BCUT2D eigenvalue weighted by molar-refractivity contribution is -0.117. The number of anilines is 1. The first-order chi connectivity index (χ1) is 7.61. The average molecular weight is 219 g/mol. The van der Waals surface area contributed by atoms with Gasteiger partial charge in [0.2, 0.25) is 0 Å². The Kier molecular flexibility index (Phi) is 2.86. The molecule has 0 aromatic heterocycles. The molecule has 1 atom stereocenters. The van der Waals surface area contributed by atoms with Crippen molar-refractivity contribution in [3.8, 4) is 5.75 Å². The van der Waals surface area contributed by atoms with Crippen LogP contribution >= 0.6 is 0 Å². The Balaban J connectivity index is 2.34. The molecule has 3 heteroatoms. The topological polar surface area (TPSA) is 29.5 Å². The number of fused-ring (bicyclic) bond motifs is 1. The number of carbonyl (C=O) groups excluding carboxylic acids is 1. The van der Waals surface area contributed by atoms with Gasteiger partial charge in [-0.05, 0) is 30.7 Å². The van der Waals surface area contributed by atoms with Crippen LogP contribution in [0.2, 0.25) is 0 Å². The van der Waals surface area contributed by atoms with Crippen LogP contribution in [0.4, 0.5) is 5.69 Å². The maximum absolute atomic E-state index is 11.2. The minimum atomic E-state index is 0.245. The molecule has 2 rings (SSSR count). The Hall–Kier alpha value is -1.51. The summed E-state index contributed by atoms with van der Waals surface area (Å²) >= 11 is 0. The number of carbonyl (C=O) groups is 1. The molecule has 1 unspecified atom stereocenters. The second kappa shape index (κ2) is 4.16. The third-order valence-electron chi connectivity index (χ3n) is 3.11. The minimum absolute atomic E-state index is 0.245. The van der Waals surface area contributed by atoms with E-state index in [0.29, 0.717) is 12.3 Å². The molecule has 0 aliphatic carbocycles. The Morgan fingerprint density at radius 1 is 1.56 bits per heavy atom. The summed E-state index contributed by atoms with van der Waals surface area (Å²) in [6.45, 7) is 2.57. The number of methoxy groups -OCH3 is 1. The van der Waals surface area contributed by atoms with E-state index in [4.69, 9.17) is 4.74 Å². The number of hydrogen-bond donors (Lipinski definition) is 0. The number of Topliss-reactive ketones (excluding diaryl/α,β-unsaturated/α-hetero) is 1. The molecule has 1 aromatic carbocycles. The zero-order valence-corrected chi connectivity index (χ0v) is 9.99. The number of benzene rings is 1. The standard InChI is InChI=1S/C13H17NO2/c1-9(15)6-10-8-14(2)13-5-4-11(16-3)7-12(10)13/h4-5,7,10H,6,8H2,1-3H3. The van der Waals surface area contributed by atoms with Crippen molar-refractivity contribution < 1.29 is 9.53 Å². The van der Waals surface area contributed by atoms with E-state index in [0.717, 1.165) is 12.3 Å². The molecule has 1 aliphatic rings. The molecule has 16 heavy (non-hydrogen) atoms. The number of rotatable bonds is 3. The van der Waals surface area contributed by atoms with Gasteiger partial charge in [0.1, 0.15) is 11.5 Å². The van der Waals surface area contributed by atoms with E-state index in [1.165, 1.54) is 11.3 Å². The third-order valence-corrected chi connectivity index (χ3v) is 3.11. The molecule has 0 bridgehead atoms. The molecule has 0 amide bonds. The zero-order chi connectivity index (χ0) is 11.7. The second-order valence-electron chi connectivity index (χ2n) is 4.41. The van der Waals surface area contributed by atoms with Crippen LogP contribution < -0.4 is 9.64 Å². The van der Waals surface area contributed by atoms with Crippen molar-refractivity contribution in [2.45, 2.75) is 19.3 Å². The molecule has 0 radical (unpaired) electrons. The molecule has 86 valence electrons. The first kappa shape index (κ1) is 11.0. The molecule has 0 fully saturated rings. The molecule has 1 aromatic rings. The van der Waals surface area contributed by atoms with Crippen LogP contribution in [-0.2, 0) is 4.79 Å². The number of nitrogens with zero attached hydrogens (tertiary/aromatic N) is 1. The van der Waals surface area contributed by atoms with E-state index < -0.39 is 0 Å². The van der Waals surface area contributed by atoms with E-state index in [1.807, 2.05) is 12.1 Å². The molecule has 0 saturated carbocycles. The summed E-state index contributed by atoms with van der Waals surface area (Å²) in [5.41, 5.74) is 2.45. The van der Waals surface area contributed by atoms with Gasteiger partial charge in [-0.25, -0.2) is 0 Å². The maximum Gasteiger partial charge on any atom is 0.130 e. The summed E-state index contributed by atoms with van der Waals surface area (Å²) in [6.07, 6.45) is 0.616. The second-order valence-corrected chi connectivity index (χ2v) is 4.41. The fraction of sp³-hybridized carbons (Fsp3) is 0.462. The Labute approximate surface area is 96.0 Å². The van der Waals surface area contributed by atoms with Crippen molar-refractivity contribution in [2.24, 2.45) is 0 Å². The SMILES string of the molecule is COc1ccc2c(c1)C(CC(C)=O)CN2C. The van der Waals surface area contributed by atoms with Crippen LogP contribution in [0.15, 0.2) is 18.2 Å². The average Bonchev–Trinajstić information content (AvgIpc) is 2.54. The van der Waals surface area contributed by atoms with E-state index >= 15 is 0 Å². The van der Waals surface area contributed by atoms with Gasteiger partial charge in [0, 0.05) is 31.6 Å². The highest BCUT2D eigenvalue weighted by Gasteiger charge is 2.27. The van der Waals surface area contributed by atoms with E-state index in [9.17, 15) is 4.79 Å². The first-order valence-corrected chi connectivity index (χ1v) is 5.50. The molecule has 3 nitrogen and oxygen atoms in total. The fourth-order valence-electron chi connectivity index (χ4n) is 2.38. The number of likely N-dealkylation sites (N-methyl/N-ethyl adjacent to an activating group) is 1. The highest BCUT2D eigenvalue weighted by atomic mass is 16.5. The number of hydrogen-bond acceptors (Lipinski definition) is 3. The lowest BCUT2D eigenvalue weighted by atomic mass is 9.96. The van der Waals surface area contributed by atoms with Crippen molar-refractivity contribution in [1.82, 2.24) is 0 Å². The molecule has 0 saturated heterocycles. The zero-order valence-electron chi connectivity index (χ0n) is 9.99. The van der Waals surface area contributed by atoms with Gasteiger partial charge in [-0.3, -0.25) is 0 Å². The summed E-state index contributed by atoms with van der Waals surface area (Å²) in [4.78, 5) is 13.4.